The van der Waals surface area contributed by atoms with Crippen molar-refractivity contribution in [1.29, 1.82) is 0 Å². The number of amides is 8. The van der Waals surface area contributed by atoms with Crippen LogP contribution in [-0.4, -0.2) is 209 Å². The number of nitrogens with zero attached hydrogens (tertiary/aromatic N) is 8. The van der Waals surface area contributed by atoms with Gasteiger partial charge in [0.15, 0.2) is 11.6 Å². The third-order valence-electron chi connectivity index (χ3n) is 23.3. The van der Waals surface area contributed by atoms with Gasteiger partial charge in [-0.2, -0.15) is 0 Å². The lowest BCUT2D eigenvalue weighted by molar-refractivity contribution is -0.161. The maximum atomic E-state index is 15.7. The van der Waals surface area contributed by atoms with Gasteiger partial charge in [-0.25, -0.2) is 24.2 Å². The van der Waals surface area contributed by atoms with Crippen LogP contribution in [0.2, 0.25) is 0 Å². The molecule has 702 valence electrons. The lowest BCUT2D eigenvalue weighted by Gasteiger charge is -2.37. The van der Waals surface area contributed by atoms with E-state index >= 15 is 28.8 Å². The average molecular weight is 1800 g/mol. The van der Waals surface area contributed by atoms with Crippen LogP contribution in [0.1, 0.15) is 196 Å². The minimum atomic E-state index is -1.31. The van der Waals surface area contributed by atoms with Gasteiger partial charge in [0.05, 0.1) is 30.2 Å². The molecule has 131 heavy (non-hydrogen) atoms. The van der Waals surface area contributed by atoms with Crippen LogP contribution in [0.5, 0.6) is 11.5 Å². The standard InChI is InChI=1S/C100H129N13O18/c1-22-28-66-52-79(111(56-66)90(120)83(96(5,6)7)103-85(116)60(3)109(20)94(124)130-99(14,15)16)87(118)101-78(51-65-34-40-68-30-25-27-32-70(68)49-65)82(115)54-72(92(122)129-98(11,12)13)47-63-37-43-76(44-38-63)127-59-73-57-113(108-105-73)74-55-80(112(58-74)91(121)84(97(8,9)10)104-86(117)61(4)110(21)95(125)131-100(17,18)19)88(119)102-77(50-64-33-39-67-29-24-26-31-69(67)48-64)81(114)53-71(89-106-107-93(123)128-89)46-62-35-41-75(42-36-62)126-45-23-2/h22-27,29-44,48-49,57,60-61,66,71-72,74,77-80,83-84H,1-2,28,45-47,50-56,58-59H2,3-21H3,(H,101,118)(H,102,119)(H,103,116)(H,104,117)(H,107,123)/t60-,61-,66-,71+,72+,74-,77?,78-,79-,80-,83?,84+/m0/s1. The van der Waals surface area contributed by atoms with E-state index in [0.29, 0.717) is 40.3 Å². The van der Waals surface area contributed by atoms with E-state index in [1.807, 2.05) is 97.1 Å². The summed E-state index contributed by atoms with van der Waals surface area (Å²) in [5.74, 6) is -7.40. The van der Waals surface area contributed by atoms with Crippen molar-refractivity contribution in [2.45, 2.75) is 259 Å². The number of ketones is 2. The van der Waals surface area contributed by atoms with E-state index in [4.69, 9.17) is 28.1 Å². The van der Waals surface area contributed by atoms with Gasteiger partial charge in [0.25, 0.3) is 0 Å². The highest BCUT2D eigenvalue weighted by Gasteiger charge is 2.50. The van der Waals surface area contributed by atoms with Crippen molar-refractivity contribution in [3.8, 4) is 11.5 Å². The van der Waals surface area contributed by atoms with Gasteiger partial charge < -0.3 is 59.2 Å². The first kappa shape index (κ1) is 100. The minimum absolute atomic E-state index is 0.00611. The Bertz CT molecular complexity index is 5490. The monoisotopic (exact) mass is 1800 g/mol. The molecular weight excluding hydrogens is 1670 g/mol. The number of benzene rings is 6. The Kier molecular flexibility index (Phi) is 32.8. The van der Waals surface area contributed by atoms with Crippen LogP contribution in [-0.2, 0) is 89.7 Å². The molecule has 2 saturated heterocycles. The summed E-state index contributed by atoms with van der Waals surface area (Å²) >= 11 is 0. The third-order valence-corrected chi connectivity index (χ3v) is 23.3. The fourth-order valence-electron chi connectivity index (χ4n) is 16.0. The van der Waals surface area contributed by atoms with Crippen LogP contribution in [0.25, 0.3) is 21.5 Å². The number of carbonyl (C=O) groups excluding carboxylic acids is 11. The molecule has 0 bridgehead atoms. The zero-order chi connectivity index (χ0) is 95.9. The minimum Gasteiger partial charge on any atom is -0.490 e. The summed E-state index contributed by atoms with van der Waals surface area (Å²) in [6, 6.07) is 30.6. The van der Waals surface area contributed by atoms with E-state index in [1.54, 1.807) is 159 Å². The zero-order valence-corrected chi connectivity index (χ0v) is 78.9. The smallest absolute Gasteiger partial charge is 0.434 e. The molecule has 2 aliphatic rings. The van der Waals surface area contributed by atoms with Crippen LogP contribution < -0.4 is 36.5 Å². The maximum Gasteiger partial charge on any atom is 0.434 e. The lowest BCUT2D eigenvalue weighted by Crippen LogP contribution is -2.60. The van der Waals surface area contributed by atoms with Gasteiger partial charge in [-0.15, -0.1) is 16.8 Å². The Morgan fingerprint density at radius 2 is 0.985 bits per heavy atom. The predicted octanol–water partition coefficient (Wildman–Crippen LogP) is 12.8. The molecule has 5 N–H and O–H groups in total. The zero-order valence-electron chi connectivity index (χ0n) is 78.9. The molecule has 0 saturated carbocycles. The summed E-state index contributed by atoms with van der Waals surface area (Å²) in [5, 5.41) is 31.1. The molecule has 4 heterocycles. The van der Waals surface area contributed by atoms with Crippen molar-refractivity contribution < 1.29 is 80.8 Å². The van der Waals surface area contributed by atoms with E-state index in [2.05, 4.69) is 54.9 Å². The number of hydrogen-bond acceptors (Lipinski definition) is 21. The Morgan fingerprint density at radius 3 is 1.44 bits per heavy atom. The number of esters is 1. The normalized spacial score (nSPS) is 17.3. The van der Waals surface area contributed by atoms with Gasteiger partial charge in [0.2, 0.25) is 41.3 Å². The number of rotatable bonds is 37. The molecule has 6 aromatic carbocycles. The van der Waals surface area contributed by atoms with Gasteiger partial charge in [-0.1, -0.05) is 175 Å². The molecule has 2 fully saturated rings. The lowest BCUT2D eigenvalue weighted by atomic mass is 9.85. The van der Waals surface area contributed by atoms with E-state index < -0.39 is 165 Å². The molecule has 8 amide bonds. The Balaban J connectivity index is 0.896. The van der Waals surface area contributed by atoms with Crippen LogP contribution in [0.3, 0.4) is 0 Å². The maximum absolute atomic E-state index is 15.7. The largest absolute Gasteiger partial charge is 0.490 e. The summed E-state index contributed by atoms with van der Waals surface area (Å²) in [6.07, 6.45) is 3.60. The van der Waals surface area contributed by atoms with Gasteiger partial charge in [0, 0.05) is 52.4 Å². The molecule has 2 aromatic heterocycles. The number of Topliss-reactive ketones (excluding diaryl/α,β-unsaturated/α-hetero) is 2. The number of ether oxygens (including phenoxy) is 5. The molecule has 8 aromatic rings. The van der Waals surface area contributed by atoms with Gasteiger partial charge in [-0.3, -0.25) is 53.0 Å². The van der Waals surface area contributed by atoms with Gasteiger partial charge in [-0.05, 0) is 199 Å². The van der Waals surface area contributed by atoms with E-state index in [0.717, 1.165) is 36.9 Å². The molecule has 0 aliphatic carbocycles. The van der Waals surface area contributed by atoms with Crippen molar-refractivity contribution in [1.82, 2.24) is 66.1 Å². The van der Waals surface area contributed by atoms with Crippen molar-refractivity contribution >= 4 is 86.7 Å². The number of likely N-dealkylation sites (N-methyl/N-ethyl adjacent to an activating group) is 2. The molecule has 12 atom stereocenters. The van der Waals surface area contributed by atoms with Crippen molar-refractivity contribution in [2.75, 3.05) is 33.8 Å². The SMILES string of the molecule is C=CCOc1ccc(C[C@H](CC(=O)C(Cc2ccc3ccccc3c2)NC(=O)[C@@H]2C[C@H](n3cc(COc4ccc(C[C@H](CC(=O)[C@H](Cc5ccc6ccccc6c5)NC(=O)[C@@H]5C[C@H](CC=C)CN5C(=O)C(NC(=O)[C@H](C)N(C)C(=O)OC(C)(C)C)C(C)(C)C)C(=O)OC(C)(C)C)cc4)nn3)CN2C(=O)[C@@H](NC(=O)[C@H](C)N(C)C(=O)OC(C)(C)C)C(C)(C)C)c2n[nH]c(=O)o2)cc1. The number of aromatic nitrogens is 5. The average Bonchev–Trinajstić information content (AvgIpc) is 1.61. The highest BCUT2D eigenvalue weighted by molar-refractivity contribution is 5.99. The molecule has 10 rings (SSSR count). The Morgan fingerprint density at radius 1 is 0.534 bits per heavy atom. The summed E-state index contributed by atoms with van der Waals surface area (Å²) in [6.45, 7) is 36.8. The summed E-state index contributed by atoms with van der Waals surface area (Å²) in [7, 11) is 2.85. The number of aromatic amines is 1. The number of carbonyl (C=O) groups is 11. The van der Waals surface area contributed by atoms with Crippen LogP contribution in [0, 0.1) is 22.7 Å². The second-order valence-corrected chi connectivity index (χ2v) is 39.6. The number of H-pyrrole nitrogens is 1. The topological polar surface area (TPSA) is 385 Å². The highest BCUT2D eigenvalue weighted by Crippen LogP contribution is 2.36. The fourth-order valence-corrected chi connectivity index (χ4v) is 16.0. The summed E-state index contributed by atoms with van der Waals surface area (Å²) in [4.78, 5) is 180. The summed E-state index contributed by atoms with van der Waals surface area (Å²) in [5.41, 5.74) is -1.50. The van der Waals surface area contributed by atoms with Crippen molar-refractivity contribution in [2.24, 2.45) is 22.7 Å². The molecule has 2 unspecified atom stereocenters. The molecule has 31 nitrogen and oxygen atoms in total. The van der Waals surface area contributed by atoms with E-state index in [-0.39, 0.29) is 89.5 Å². The second-order valence-electron chi connectivity index (χ2n) is 39.6. The first-order chi connectivity index (χ1) is 61.5. The number of fused-ring (bicyclic) bond motifs is 2. The van der Waals surface area contributed by atoms with Crippen molar-refractivity contribution in [3.63, 3.8) is 0 Å². The van der Waals surface area contributed by atoms with Crippen LogP contribution >= 0.6 is 0 Å². The molecule has 2 aliphatic heterocycles. The fraction of sp³-hybridized carbons (Fsp3) is 0.490. The number of allylic oxidation sites excluding steroid dienone is 1. The first-order valence-corrected chi connectivity index (χ1v) is 44.6. The van der Waals surface area contributed by atoms with Gasteiger partial charge in [0.1, 0.15) is 83.5 Å². The predicted molar refractivity (Wildman–Crippen MR) is 495 cm³/mol. The Labute approximate surface area is 766 Å². The Hall–Kier alpha value is -12.8. The second kappa shape index (κ2) is 42.8. The molecule has 31 heteroatoms. The quantitative estimate of drug-likeness (QED) is 0.0137. The van der Waals surface area contributed by atoms with Crippen molar-refractivity contribution in [3.05, 3.63) is 209 Å². The molecule has 0 spiro atoms. The van der Waals surface area contributed by atoms with Crippen LogP contribution in [0.4, 0.5) is 9.59 Å². The van der Waals surface area contributed by atoms with Crippen LogP contribution in [0.15, 0.2) is 174 Å². The van der Waals surface area contributed by atoms with E-state index in [9.17, 15) is 28.8 Å². The third kappa shape index (κ3) is 27.9. The number of hydrogen-bond donors (Lipinski definition) is 5. The number of likely N-dealkylation sites (tertiary alicyclic amines) is 2. The van der Waals surface area contributed by atoms with Gasteiger partial charge >= 0.3 is 23.9 Å². The number of nitrogens with one attached hydrogen (secondary N) is 5. The summed E-state index contributed by atoms with van der Waals surface area (Å²) < 4.78 is 36.3. The first-order valence-electron chi connectivity index (χ1n) is 44.6. The highest BCUT2D eigenvalue weighted by atomic mass is 16.6. The van der Waals surface area contributed by atoms with E-state index in [1.165, 1.54) is 42.4 Å². The molecular formula is C100H129N13O18. The molecule has 0 radical (unpaired) electrons.